The molecular formula is C14H10N2O3S. The van der Waals surface area contributed by atoms with E-state index in [1.54, 1.807) is 5.38 Å². The lowest BCUT2D eigenvalue weighted by Crippen LogP contribution is -1.99. The van der Waals surface area contributed by atoms with Crippen molar-refractivity contribution >= 4 is 17.3 Å². The molecule has 1 aromatic carbocycles. The molecule has 2 heterocycles. The molecule has 0 saturated carbocycles. The van der Waals surface area contributed by atoms with Gasteiger partial charge in [-0.15, -0.1) is 11.3 Å². The van der Waals surface area contributed by atoms with Gasteiger partial charge in [-0.25, -0.2) is 14.8 Å². The third-order valence-electron chi connectivity index (χ3n) is 2.70. The molecule has 0 aliphatic carbocycles. The highest BCUT2D eigenvalue weighted by molar-refractivity contribution is 7.09. The molecule has 2 aromatic heterocycles. The molecule has 6 heteroatoms. The van der Waals surface area contributed by atoms with E-state index < -0.39 is 5.97 Å². The monoisotopic (exact) mass is 286 g/mol. The Bertz CT molecular complexity index is 762. The topological polar surface area (TPSA) is 76.2 Å². The molecule has 0 bridgehead atoms. The Morgan fingerprint density at radius 2 is 2.00 bits per heavy atom. The van der Waals surface area contributed by atoms with E-state index in [0.29, 0.717) is 5.69 Å². The van der Waals surface area contributed by atoms with Crippen molar-refractivity contribution in [2.75, 3.05) is 0 Å². The fraction of sp³-hybridized carbons (Fsp3) is 0.0714. The van der Waals surface area contributed by atoms with E-state index in [0.717, 1.165) is 10.6 Å². The van der Waals surface area contributed by atoms with Gasteiger partial charge in [0.2, 0.25) is 5.89 Å². The number of carbonyl (C=O) groups is 1. The Morgan fingerprint density at radius 3 is 2.60 bits per heavy atom. The minimum absolute atomic E-state index is 0.117. The highest BCUT2D eigenvalue weighted by Crippen LogP contribution is 2.30. The van der Waals surface area contributed by atoms with Crippen LogP contribution in [0.15, 0.2) is 40.1 Å². The Kier molecular flexibility index (Phi) is 3.08. The van der Waals surface area contributed by atoms with Crippen molar-refractivity contribution in [3.63, 3.8) is 0 Å². The van der Waals surface area contributed by atoms with Crippen LogP contribution in [0.4, 0.5) is 0 Å². The second-order valence-corrected chi connectivity index (χ2v) is 5.18. The summed E-state index contributed by atoms with van der Waals surface area (Å²) in [5, 5.41) is 11.8. The fourth-order valence-corrected chi connectivity index (χ4v) is 2.40. The van der Waals surface area contributed by atoms with E-state index in [4.69, 9.17) is 4.42 Å². The summed E-state index contributed by atoms with van der Waals surface area (Å²) < 4.78 is 5.61. The smallest absolute Gasteiger partial charge is 0.358 e. The van der Waals surface area contributed by atoms with Gasteiger partial charge in [0.05, 0.1) is 5.01 Å². The third kappa shape index (κ3) is 2.21. The lowest BCUT2D eigenvalue weighted by atomic mass is 10.2. The van der Waals surface area contributed by atoms with Crippen molar-refractivity contribution in [3.05, 3.63) is 46.4 Å². The second kappa shape index (κ2) is 4.90. The van der Waals surface area contributed by atoms with Crippen LogP contribution in [0.5, 0.6) is 0 Å². The molecule has 0 aliphatic heterocycles. The van der Waals surface area contributed by atoms with Crippen molar-refractivity contribution in [1.29, 1.82) is 0 Å². The lowest BCUT2D eigenvalue weighted by Gasteiger charge is -1.93. The van der Waals surface area contributed by atoms with E-state index in [-0.39, 0.29) is 17.3 Å². The van der Waals surface area contributed by atoms with Gasteiger partial charge in [-0.3, -0.25) is 0 Å². The molecule has 20 heavy (non-hydrogen) atoms. The first-order valence-corrected chi connectivity index (χ1v) is 6.75. The maximum atomic E-state index is 11.3. The molecule has 0 amide bonds. The molecular weight excluding hydrogens is 276 g/mol. The molecule has 0 spiro atoms. The summed E-state index contributed by atoms with van der Waals surface area (Å²) in [6, 6.07) is 9.18. The predicted octanol–water partition coefficient (Wildman–Crippen LogP) is 3.47. The molecule has 0 saturated heterocycles. The van der Waals surface area contributed by atoms with Gasteiger partial charge >= 0.3 is 5.97 Å². The highest BCUT2D eigenvalue weighted by atomic mass is 32.1. The molecule has 0 atom stereocenters. The average Bonchev–Trinajstić information content (AvgIpc) is 3.05. The Morgan fingerprint density at radius 1 is 1.25 bits per heavy atom. The van der Waals surface area contributed by atoms with Crippen LogP contribution in [0.25, 0.3) is 22.9 Å². The maximum Gasteiger partial charge on any atom is 0.358 e. The molecule has 1 N–H and O–H groups in total. The number of aromatic carboxylic acids is 1. The van der Waals surface area contributed by atoms with Gasteiger partial charge in [0.1, 0.15) is 5.69 Å². The van der Waals surface area contributed by atoms with Crippen molar-refractivity contribution in [1.82, 2.24) is 9.97 Å². The van der Waals surface area contributed by atoms with E-state index in [1.807, 2.05) is 37.3 Å². The largest absolute Gasteiger partial charge is 0.476 e. The third-order valence-corrected chi connectivity index (χ3v) is 3.48. The number of nitrogens with zero attached hydrogens (tertiary/aromatic N) is 2. The molecule has 3 rings (SSSR count). The van der Waals surface area contributed by atoms with E-state index in [2.05, 4.69) is 9.97 Å². The molecule has 0 aliphatic rings. The van der Waals surface area contributed by atoms with Gasteiger partial charge in [0, 0.05) is 10.9 Å². The molecule has 0 radical (unpaired) electrons. The number of aromatic nitrogens is 2. The lowest BCUT2D eigenvalue weighted by molar-refractivity contribution is 0.0691. The van der Waals surface area contributed by atoms with Crippen LogP contribution in [0, 0.1) is 6.92 Å². The first-order chi connectivity index (χ1) is 9.65. The number of benzene rings is 1. The van der Waals surface area contributed by atoms with Gasteiger partial charge in [0.25, 0.3) is 0 Å². The summed E-state index contributed by atoms with van der Waals surface area (Å²) in [5.74, 6) is -0.652. The molecule has 100 valence electrons. The number of rotatable bonds is 3. The Balaban J connectivity index is 2.15. The van der Waals surface area contributed by atoms with Gasteiger partial charge in [-0.05, 0) is 19.1 Å². The zero-order valence-corrected chi connectivity index (χ0v) is 11.3. The van der Waals surface area contributed by atoms with Crippen molar-refractivity contribution in [3.8, 4) is 22.9 Å². The molecule has 0 fully saturated rings. The van der Waals surface area contributed by atoms with Gasteiger partial charge < -0.3 is 9.52 Å². The summed E-state index contributed by atoms with van der Waals surface area (Å²) in [6.07, 6.45) is 0. The maximum absolute atomic E-state index is 11.3. The van der Waals surface area contributed by atoms with E-state index in [9.17, 15) is 9.90 Å². The number of hydrogen-bond acceptors (Lipinski definition) is 5. The van der Waals surface area contributed by atoms with E-state index in [1.165, 1.54) is 11.3 Å². The highest BCUT2D eigenvalue weighted by Gasteiger charge is 2.23. The van der Waals surface area contributed by atoms with Crippen LogP contribution in [-0.4, -0.2) is 21.0 Å². The molecule has 0 unspecified atom stereocenters. The van der Waals surface area contributed by atoms with Crippen LogP contribution in [-0.2, 0) is 0 Å². The van der Waals surface area contributed by atoms with Gasteiger partial charge in [0.15, 0.2) is 11.5 Å². The summed E-state index contributed by atoms with van der Waals surface area (Å²) in [4.78, 5) is 19.6. The van der Waals surface area contributed by atoms with Crippen molar-refractivity contribution in [2.45, 2.75) is 6.92 Å². The number of oxazole rings is 1. The Labute approximate surface area is 118 Å². The van der Waals surface area contributed by atoms with Crippen molar-refractivity contribution in [2.24, 2.45) is 0 Å². The Hall–Kier alpha value is -2.47. The van der Waals surface area contributed by atoms with E-state index >= 15 is 0 Å². The SMILES string of the molecule is Cc1nc(-c2oc(-c3ccccc3)nc2C(=O)O)cs1. The zero-order valence-electron chi connectivity index (χ0n) is 10.5. The van der Waals surface area contributed by atoms with Crippen LogP contribution < -0.4 is 0 Å². The van der Waals surface area contributed by atoms with Crippen LogP contribution in [0.3, 0.4) is 0 Å². The summed E-state index contributed by atoms with van der Waals surface area (Å²) >= 11 is 1.43. The minimum atomic E-state index is -1.13. The number of carboxylic acids is 1. The number of aryl methyl sites for hydroxylation is 1. The van der Waals surface area contributed by atoms with Gasteiger partial charge in [-0.2, -0.15) is 0 Å². The molecule has 3 aromatic rings. The summed E-state index contributed by atoms with van der Waals surface area (Å²) in [6.45, 7) is 1.85. The predicted molar refractivity (Wildman–Crippen MR) is 74.7 cm³/mol. The van der Waals surface area contributed by atoms with Crippen LogP contribution in [0.1, 0.15) is 15.5 Å². The fourth-order valence-electron chi connectivity index (χ4n) is 1.81. The quantitative estimate of drug-likeness (QED) is 0.797. The summed E-state index contributed by atoms with van der Waals surface area (Å²) in [7, 11) is 0. The number of carboxylic acid groups (broad SMARTS) is 1. The second-order valence-electron chi connectivity index (χ2n) is 4.12. The van der Waals surface area contributed by atoms with Crippen LogP contribution in [0.2, 0.25) is 0 Å². The standard InChI is InChI=1S/C14H10N2O3S/c1-8-15-10(7-20-8)12-11(14(17)18)16-13(19-12)9-5-3-2-4-6-9/h2-7H,1H3,(H,17,18). The number of thiazole rings is 1. The summed E-state index contributed by atoms with van der Waals surface area (Å²) in [5.41, 5.74) is 1.11. The van der Waals surface area contributed by atoms with Gasteiger partial charge in [-0.1, -0.05) is 18.2 Å². The zero-order chi connectivity index (χ0) is 14.1. The normalized spacial score (nSPS) is 10.7. The minimum Gasteiger partial charge on any atom is -0.476 e. The number of hydrogen-bond donors (Lipinski definition) is 1. The first-order valence-electron chi connectivity index (χ1n) is 5.87. The average molecular weight is 286 g/mol. The first kappa shape index (κ1) is 12.6. The van der Waals surface area contributed by atoms with Crippen LogP contribution >= 0.6 is 11.3 Å². The van der Waals surface area contributed by atoms with Crippen molar-refractivity contribution < 1.29 is 14.3 Å². The molecule has 5 nitrogen and oxygen atoms in total.